The van der Waals surface area contributed by atoms with Gasteiger partial charge in [-0.2, -0.15) is 0 Å². The van der Waals surface area contributed by atoms with Gasteiger partial charge in [0.1, 0.15) is 5.76 Å². The van der Waals surface area contributed by atoms with Crippen molar-refractivity contribution in [3.05, 3.63) is 84.6 Å². The Kier molecular flexibility index (Phi) is 4.84. The molecular formula is C20H18N4OS. The molecular weight excluding hydrogens is 344 g/mol. The molecule has 0 N–H and O–H groups in total. The van der Waals surface area contributed by atoms with Gasteiger partial charge >= 0.3 is 0 Å². The molecule has 130 valence electrons. The summed E-state index contributed by atoms with van der Waals surface area (Å²) in [4.78, 5) is 4.21. The molecule has 0 amide bonds. The van der Waals surface area contributed by atoms with E-state index in [-0.39, 0.29) is 5.25 Å². The van der Waals surface area contributed by atoms with Gasteiger partial charge in [0.05, 0.1) is 12.8 Å². The summed E-state index contributed by atoms with van der Waals surface area (Å²) in [5.74, 6) is 1.65. The van der Waals surface area contributed by atoms with E-state index in [9.17, 15) is 0 Å². The SMILES string of the molecule is CC(Sc1nnc(-c2cccnc2)n1Cc1ccco1)c1ccccc1. The summed E-state index contributed by atoms with van der Waals surface area (Å²) in [6.07, 6.45) is 5.24. The first-order valence-corrected chi connectivity index (χ1v) is 9.27. The first-order chi connectivity index (χ1) is 12.8. The van der Waals surface area contributed by atoms with Crippen LogP contribution in [0.3, 0.4) is 0 Å². The first-order valence-electron chi connectivity index (χ1n) is 8.39. The minimum atomic E-state index is 0.262. The summed E-state index contributed by atoms with van der Waals surface area (Å²) >= 11 is 1.69. The van der Waals surface area contributed by atoms with Crippen LogP contribution in [0.25, 0.3) is 11.4 Å². The molecule has 3 heterocycles. The number of hydrogen-bond acceptors (Lipinski definition) is 5. The van der Waals surface area contributed by atoms with Gasteiger partial charge < -0.3 is 4.42 Å². The third-order valence-electron chi connectivity index (χ3n) is 4.08. The molecule has 0 spiro atoms. The van der Waals surface area contributed by atoms with Gasteiger partial charge in [0, 0.05) is 23.2 Å². The van der Waals surface area contributed by atoms with Crippen molar-refractivity contribution in [1.82, 2.24) is 19.7 Å². The molecule has 5 nitrogen and oxygen atoms in total. The summed E-state index contributed by atoms with van der Waals surface area (Å²) in [6, 6.07) is 18.2. The van der Waals surface area contributed by atoms with Crippen molar-refractivity contribution < 1.29 is 4.42 Å². The van der Waals surface area contributed by atoms with Crippen LogP contribution in [0.5, 0.6) is 0 Å². The van der Waals surface area contributed by atoms with Crippen LogP contribution in [-0.4, -0.2) is 19.7 Å². The van der Waals surface area contributed by atoms with Gasteiger partial charge in [-0.25, -0.2) is 0 Å². The second-order valence-corrected chi connectivity index (χ2v) is 7.19. The maximum absolute atomic E-state index is 5.54. The monoisotopic (exact) mass is 362 g/mol. The van der Waals surface area contributed by atoms with E-state index in [0.717, 1.165) is 22.3 Å². The van der Waals surface area contributed by atoms with Gasteiger partial charge in [0.2, 0.25) is 0 Å². The van der Waals surface area contributed by atoms with E-state index in [2.05, 4.69) is 50.9 Å². The smallest absolute Gasteiger partial charge is 0.192 e. The predicted molar refractivity (Wildman–Crippen MR) is 102 cm³/mol. The summed E-state index contributed by atoms with van der Waals surface area (Å²) in [5, 5.41) is 9.99. The molecule has 6 heteroatoms. The van der Waals surface area contributed by atoms with Crippen LogP contribution in [-0.2, 0) is 6.54 Å². The van der Waals surface area contributed by atoms with Crippen molar-refractivity contribution in [1.29, 1.82) is 0 Å². The quantitative estimate of drug-likeness (QED) is 0.460. The van der Waals surface area contributed by atoms with Crippen LogP contribution >= 0.6 is 11.8 Å². The minimum Gasteiger partial charge on any atom is -0.467 e. The number of thioether (sulfide) groups is 1. The van der Waals surface area contributed by atoms with Gasteiger partial charge in [-0.05, 0) is 36.8 Å². The van der Waals surface area contributed by atoms with Crippen LogP contribution in [0.2, 0.25) is 0 Å². The molecule has 0 radical (unpaired) electrons. The lowest BCUT2D eigenvalue weighted by Gasteiger charge is -2.13. The average molecular weight is 362 g/mol. The molecule has 1 atom stereocenters. The minimum absolute atomic E-state index is 0.262. The van der Waals surface area contributed by atoms with Crippen molar-refractivity contribution in [2.45, 2.75) is 23.9 Å². The third-order valence-corrected chi connectivity index (χ3v) is 5.22. The van der Waals surface area contributed by atoms with Gasteiger partial charge in [-0.1, -0.05) is 42.1 Å². The van der Waals surface area contributed by atoms with Gasteiger partial charge in [-0.3, -0.25) is 9.55 Å². The number of pyridine rings is 1. The first kappa shape index (κ1) is 16.6. The Morgan fingerprint density at radius 3 is 2.65 bits per heavy atom. The van der Waals surface area contributed by atoms with Crippen molar-refractivity contribution in [3.8, 4) is 11.4 Å². The molecule has 0 fully saturated rings. The Bertz CT molecular complexity index is 952. The van der Waals surface area contributed by atoms with Crippen molar-refractivity contribution in [3.63, 3.8) is 0 Å². The van der Waals surface area contributed by atoms with E-state index < -0.39 is 0 Å². The molecule has 4 aromatic rings. The predicted octanol–water partition coefficient (Wildman–Crippen LogP) is 4.83. The average Bonchev–Trinajstić information content (AvgIpc) is 3.34. The number of benzene rings is 1. The largest absolute Gasteiger partial charge is 0.467 e. The molecule has 3 aromatic heterocycles. The van der Waals surface area contributed by atoms with Crippen molar-refractivity contribution >= 4 is 11.8 Å². The number of nitrogens with zero attached hydrogens (tertiary/aromatic N) is 4. The Labute approximate surface area is 156 Å². The molecule has 0 aliphatic carbocycles. The van der Waals surface area contributed by atoms with Crippen LogP contribution in [0.1, 0.15) is 23.5 Å². The van der Waals surface area contributed by atoms with E-state index in [0.29, 0.717) is 6.54 Å². The van der Waals surface area contributed by atoms with E-state index in [1.807, 2.05) is 30.3 Å². The summed E-state index contributed by atoms with van der Waals surface area (Å²) < 4.78 is 7.62. The number of furan rings is 1. The van der Waals surface area contributed by atoms with Crippen LogP contribution in [0.4, 0.5) is 0 Å². The lowest BCUT2D eigenvalue weighted by molar-refractivity contribution is 0.485. The van der Waals surface area contributed by atoms with Crippen molar-refractivity contribution in [2.24, 2.45) is 0 Å². The third kappa shape index (κ3) is 3.55. The van der Waals surface area contributed by atoms with Crippen molar-refractivity contribution in [2.75, 3.05) is 0 Å². The number of aromatic nitrogens is 4. The summed E-state index contributed by atoms with van der Waals surface area (Å²) in [5.41, 5.74) is 2.19. The molecule has 0 saturated heterocycles. The summed E-state index contributed by atoms with van der Waals surface area (Å²) in [7, 11) is 0. The zero-order valence-corrected chi connectivity index (χ0v) is 15.1. The van der Waals surface area contributed by atoms with E-state index in [1.54, 1.807) is 30.4 Å². The molecule has 26 heavy (non-hydrogen) atoms. The normalized spacial score (nSPS) is 12.2. The van der Waals surface area contributed by atoms with Gasteiger partial charge in [0.15, 0.2) is 11.0 Å². The maximum Gasteiger partial charge on any atom is 0.192 e. The standard InChI is InChI=1S/C20H18N4OS/c1-15(16-7-3-2-4-8-16)26-20-23-22-19(17-9-5-11-21-13-17)24(20)14-18-10-6-12-25-18/h2-13,15H,14H2,1H3. The van der Waals surface area contributed by atoms with Gasteiger partial charge in [-0.15, -0.1) is 10.2 Å². The fourth-order valence-electron chi connectivity index (χ4n) is 2.74. The Morgan fingerprint density at radius 1 is 1.04 bits per heavy atom. The Balaban J connectivity index is 1.69. The fourth-order valence-corrected chi connectivity index (χ4v) is 3.71. The topological polar surface area (TPSA) is 56.7 Å². The highest BCUT2D eigenvalue weighted by Crippen LogP contribution is 2.35. The molecule has 0 bridgehead atoms. The lowest BCUT2D eigenvalue weighted by Crippen LogP contribution is -2.04. The maximum atomic E-state index is 5.54. The van der Waals surface area contributed by atoms with Crippen LogP contribution in [0, 0.1) is 0 Å². The molecule has 0 saturated carbocycles. The molecule has 4 rings (SSSR count). The second kappa shape index (κ2) is 7.58. The molecule has 1 unspecified atom stereocenters. The highest BCUT2D eigenvalue weighted by Gasteiger charge is 2.18. The van der Waals surface area contributed by atoms with Gasteiger partial charge in [0.25, 0.3) is 0 Å². The van der Waals surface area contributed by atoms with E-state index in [1.165, 1.54) is 5.56 Å². The molecule has 1 aromatic carbocycles. The number of rotatable bonds is 6. The zero-order valence-electron chi connectivity index (χ0n) is 14.3. The van der Waals surface area contributed by atoms with E-state index >= 15 is 0 Å². The number of hydrogen-bond donors (Lipinski definition) is 0. The lowest BCUT2D eigenvalue weighted by atomic mass is 10.2. The molecule has 0 aliphatic heterocycles. The van der Waals surface area contributed by atoms with Crippen LogP contribution in [0.15, 0.2) is 82.8 Å². The Morgan fingerprint density at radius 2 is 1.92 bits per heavy atom. The highest BCUT2D eigenvalue weighted by atomic mass is 32.2. The summed E-state index contributed by atoms with van der Waals surface area (Å²) in [6.45, 7) is 2.75. The Hall–Kier alpha value is -2.86. The van der Waals surface area contributed by atoms with E-state index in [4.69, 9.17) is 4.42 Å². The highest BCUT2D eigenvalue weighted by molar-refractivity contribution is 7.99. The molecule has 0 aliphatic rings. The fraction of sp³-hybridized carbons (Fsp3) is 0.150. The second-order valence-electron chi connectivity index (χ2n) is 5.88. The van der Waals surface area contributed by atoms with Crippen LogP contribution < -0.4 is 0 Å². The zero-order chi connectivity index (χ0) is 17.8.